The van der Waals surface area contributed by atoms with E-state index in [9.17, 15) is 4.79 Å². The Morgan fingerprint density at radius 2 is 2.20 bits per heavy atom. The lowest BCUT2D eigenvalue weighted by molar-refractivity contribution is 0.101. The van der Waals surface area contributed by atoms with Crippen LogP contribution in [-0.2, 0) is 0 Å². The van der Waals surface area contributed by atoms with Crippen LogP contribution in [0.4, 0.5) is 5.69 Å². The molecular formula is C15H14BrClN2O. The van der Waals surface area contributed by atoms with Crippen molar-refractivity contribution < 1.29 is 4.79 Å². The monoisotopic (exact) mass is 352 g/mol. The van der Waals surface area contributed by atoms with Crippen LogP contribution in [0.15, 0.2) is 34.9 Å². The average molecular weight is 354 g/mol. The Morgan fingerprint density at radius 1 is 1.45 bits per heavy atom. The lowest BCUT2D eigenvalue weighted by atomic mass is 10.2. The molecule has 1 heterocycles. The van der Waals surface area contributed by atoms with E-state index in [0.717, 1.165) is 22.9 Å². The van der Waals surface area contributed by atoms with Gasteiger partial charge in [0.1, 0.15) is 5.69 Å². The van der Waals surface area contributed by atoms with Gasteiger partial charge in [0.2, 0.25) is 0 Å². The molecule has 20 heavy (non-hydrogen) atoms. The molecule has 0 saturated heterocycles. The number of nitrogens with zero attached hydrogens (tertiary/aromatic N) is 1. The summed E-state index contributed by atoms with van der Waals surface area (Å²) in [6.07, 6.45) is 4.23. The molecule has 1 aliphatic carbocycles. The maximum atomic E-state index is 12.5. The van der Waals surface area contributed by atoms with Crippen molar-refractivity contribution >= 4 is 39.1 Å². The highest BCUT2D eigenvalue weighted by Crippen LogP contribution is 2.37. The maximum absolute atomic E-state index is 12.5. The normalized spacial score (nSPS) is 14.3. The number of carbonyl (C=O) groups excluding carboxylic acids is 1. The van der Waals surface area contributed by atoms with Crippen LogP contribution in [0.5, 0.6) is 0 Å². The van der Waals surface area contributed by atoms with E-state index in [-0.39, 0.29) is 5.91 Å². The van der Waals surface area contributed by atoms with E-state index in [4.69, 9.17) is 11.6 Å². The van der Waals surface area contributed by atoms with Crippen LogP contribution >= 0.6 is 27.5 Å². The summed E-state index contributed by atoms with van der Waals surface area (Å²) in [5.74, 6) is -0.126. The fraction of sp³-hybridized carbons (Fsp3) is 0.267. The number of aromatic nitrogens is 1. The lowest BCUT2D eigenvalue weighted by Crippen LogP contribution is -2.17. The van der Waals surface area contributed by atoms with E-state index >= 15 is 0 Å². The minimum atomic E-state index is -0.126. The number of rotatable bonds is 3. The molecule has 0 bridgehead atoms. The zero-order chi connectivity index (χ0) is 14.3. The predicted molar refractivity (Wildman–Crippen MR) is 84.5 cm³/mol. The SMILES string of the molecule is Cc1cccc(Cl)c1NC(=O)c1cc(Br)cn1C1CC1. The zero-order valence-electron chi connectivity index (χ0n) is 11.0. The largest absolute Gasteiger partial charge is 0.339 e. The van der Waals surface area contributed by atoms with Crippen LogP contribution in [-0.4, -0.2) is 10.5 Å². The van der Waals surface area contributed by atoms with E-state index in [2.05, 4.69) is 21.2 Å². The standard InChI is InChI=1S/C15H14BrClN2O/c1-9-3-2-4-12(17)14(9)18-15(20)13-7-10(16)8-19(13)11-5-6-11/h2-4,7-8,11H,5-6H2,1H3,(H,18,20). The molecule has 5 heteroatoms. The van der Waals surface area contributed by atoms with Crippen LogP contribution in [0.3, 0.4) is 0 Å². The summed E-state index contributed by atoms with van der Waals surface area (Å²) in [4.78, 5) is 12.5. The maximum Gasteiger partial charge on any atom is 0.272 e. The topological polar surface area (TPSA) is 34.0 Å². The van der Waals surface area contributed by atoms with E-state index in [1.165, 1.54) is 0 Å². The second-order valence-electron chi connectivity index (χ2n) is 5.07. The summed E-state index contributed by atoms with van der Waals surface area (Å²) in [5, 5.41) is 3.48. The van der Waals surface area contributed by atoms with Crippen molar-refractivity contribution in [2.24, 2.45) is 0 Å². The highest BCUT2D eigenvalue weighted by atomic mass is 79.9. The smallest absolute Gasteiger partial charge is 0.272 e. The molecule has 104 valence electrons. The molecule has 3 nitrogen and oxygen atoms in total. The Labute approximate surface area is 131 Å². The molecule has 1 amide bonds. The van der Waals surface area contributed by atoms with E-state index < -0.39 is 0 Å². The van der Waals surface area contributed by atoms with E-state index in [1.54, 1.807) is 6.07 Å². The Hall–Kier alpha value is -1.26. The first-order valence-corrected chi connectivity index (χ1v) is 7.67. The van der Waals surface area contributed by atoms with Gasteiger partial charge >= 0.3 is 0 Å². The van der Waals surface area contributed by atoms with Crippen molar-refractivity contribution in [2.45, 2.75) is 25.8 Å². The first-order valence-electron chi connectivity index (χ1n) is 6.50. The van der Waals surface area contributed by atoms with Gasteiger partial charge in [-0.25, -0.2) is 0 Å². The number of carbonyl (C=O) groups is 1. The van der Waals surface area contributed by atoms with Crippen molar-refractivity contribution in [2.75, 3.05) is 5.32 Å². The summed E-state index contributed by atoms with van der Waals surface area (Å²) >= 11 is 9.59. The number of hydrogen-bond donors (Lipinski definition) is 1. The van der Waals surface area contributed by atoms with Gasteiger partial charge in [0, 0.05) is 16.7 Å². The summed E-state index contributed by atoms with van der Waals surface area (Å²) < 4.78 is 2.96. The number of hydrogen-bond acceptors (Lipinski definition) is 1. The Morgan fingerprint density at radius 3 is 2.85 bits per heavy atom. The third-order valence-electron chi connectivity index (χ3n) is 3.45. The number of aryl methyl sites for hydroxylation is 1. The number of para-hydroxylation sites is 1. The predicted octanol–water partition coefficient (Wildman–Crippen LogP) is 4.80. The summed E-state index contributed by atoms with van der Waals surface area (Å²) in [5.41, 5.74) is 2.30. The molecule has 0 unspecified atom stereocenters. The van der Waals surface area contributed by atoms with Gasteiger partial charge in [-0.1, -0.05) is 23.7 Å². The average Bonchev–Trinajstić information content (AvgIpc) is 3.17. The minimum absolute atomic E-state index is 0.126. The molecule has 1 aliphatic rings. The molecule has 1 fully saturated rings. The molecule has 0 atom stereocenters. The molecule has 1 aromatic heterocycles. The summed E-state index contributed by atoms with van der Waals surface area (Å²) in [6, 6.07) is 7.88. The van der Waals surface area contributed by atoms with Gasteiger partial charge in [-0.2, -0.15) is 0 Å². The van der Waals surface area contributed by atoms with Gasteiger partial charge in [0.05, 0.1) is 10.7 Å². The molecule has 0 radical (unpaired) electrons. The van der Waals surface area contributed by atoms with Crippen molar-refractivity contribution in [1.29, 1.82) is 0 Å². The Balaban J connectivity index is 1.90. The summed E-state index contributed by atoms with van der Waals surface area (Å²) in [7, 11) is 0. The number of amides is 1. The molecule has 1 N–H and O–H groups in total. The van der Waals surface area contributed by atoms with Gasteiger partial charge in [0.15, 0.2) is 0 Å². The number of benzene rings is 1. The number of halogens is 2. The van der Waals surface area contributed by atoms with Crippen LogP contribution in [0.2, 0.25) is 5.02 Å². The Bertz CT molecular complexity index is 656. The first-order chi connectivity index (χ1) is 9.56. The van der Waals surface area contributed by atoms with Gasteiger partial charge in [-0.15, -0.1) is 0 Å². The van der Waals surface area contributed by atoms with Gasteiger partial charge < -0.3 is 9.88 Å². The second-order valence-corrected chi connectivity index (χ2v) is 6.39. The van der Waals surface area contributed by atoms with E-state index in [0.29, 0.717) is 22.4 Å². The fourth-order valence-electron chi connectivity index (χ4n) is 2.25. The quantitative estimate of drug-likeness (QED) is 0.845. The van der Waals surface area contributed by atoms with Crippen molar-refractivity contribution in [3.63, 3.8) is 0 Å². The highest BCUT2D eigenvalue weighted by molar-refractivity contribution is 9.10. The minimum Gasteiger partial charge on any atom is -0.339 e. The molecule has 0 aliphatic heterocycles. The fourth-order valence-corrected chi connectivity index (χ4v) is 2.96. The molecular weight excluding hydrogens is 340 g/mol. The zero-order valence-corrected chi connectivity index (χ0v) is 13.3. The molecule has 1 aromatic carbocycles. The van der Waals surface area contributed by atoms with Gasteiger partial charge in [-0.3, -0.25) is 4.79 Å². The third-order valence-corrected chi connectivity index (χ3v) is 4.20. The molecule has 1 saturated carbocycles. The van der Waals surface area contributed by atoms with Crippen LogP contribution in [0.1, 0.15) is 34.9 Å². The first kappa shape index (κ1) is 13.7. The Kier molecular flexibility index (Phi) is 3.61. The van der Waals surface area contributed by atoms with Crippen LogP contribution < -0.4 is 5.32 Å². The van der Waals surface area contributed by atoms with E-state index in [1.807, 2.05) is 35.9 Å². The molecule has 3 rings (SSSR count). The number of anilines is 1. The number of nitrogens with one attached hydrogen (secondary N) is 1. The van der Waals surface area contributed by atoms with Crippen LogP contribution in [0.25, 0.3) is 0 Å². The third kappa shape index (κ3) is 2.63. The van der Waals surface area contributed by atoms with Crippen molar-refractivity contribution in [3.8, 4) is 0 Å². The molecule has 2 aromatic rings. The van der Waals surface area contributed by atoms with Crippen molar-refractivity contribution in [3.05, 3.63) is 51.2 Å². The van der Waals surface area contributed by atoms with Crippen LogP contribution in [0, 0.1) is 6.92 Å². The summed E-state index contributed by atoms with van der Waals surface area (Å²) in [6.45, 7) is 1.93. The van der Waals surface area contributed by atoms with Gasteiger partial charge in [-0.05, 0) is 53.4 Å². The lowest BCUT2D eigenvalue weighted by Gasteiger charge is -2.12. The highest BCUT2D eigenvalue weighted by Gasteiger charge is 2.28. The van der Waals surface area contributed by atoms with Crippen molar-refractivity contribution in [1.82, 2.24) is 4.57 Å². The molecule has 0 spiro atoms. The van der Waals surface area contributed by atoms with Gasteiger partial charge in [0.25, 0.3) is 5.91 Å². The second kappa shape index (κ2) is 5.26.